The second kappa shape index (κ2) is 16.2. The van der Waals surface area contributed by atoms with Gasteiger partial charge in [0.1, 0.15) is 6.10 Å². The summed E-state index contributed by atoms with van der Waals surface area (Å²) in [7, 11) is 0. The van der Waals surface area contributed by atoms with Crippen molar-refractivity contribution in [1.29, 1.82) is 0 Å². The highest BCUT2D eigenvalue weighted by molar-refractivity contribution is 5.69. The molecule has 0 saturated heterocycles. The molecule has 5 aliphatic rings. The minimum absolute atomic E-state index is 0.0977. The number of hydrogen-bond donors (Lipinski definition) is 0. The van der Waals surface area contributed by atoms with Crippen molar-refractivity contribution >= 4 is 5.97 Å². The molecule has 2 nitrogen and oxygen atoms in total. The van der Waals surface area contributed by atoms with Gasteiger partial charge in [-0.3, -0.25) is 4.79 Å². The Morgan fingerprint density at radius 3 is 1.96 bits per heavy atom. The molecular weight excluding hydrogens is 572 g/mol. The molecule has 0 aliphatic heterocycles. The summed E-state index contributed by atoms with van der Waals surface area (Å²) in [4.78, 5) is 13.0. The summed E-state index contributed by atoms with van der Waals surface area (Å²) in [6.45, 7) is 17.7. The lowest BCUT2D eigenvalue weighted by atomic mass is 9.43. The van der Waals surface area contributed by atoms with Gasteiger partial charge in [-0.25, -0.2) is 0 Å². The number of esters is 1. The van der Waals surface area contributed by atoms with Crippen LogP contribution in [0.15, 0.2) is 0 Å². The van der Waals surface area contributed by atoms with Gasteiger partial charge in [0.25, 0.3) is 0 Å². The molecule has 0 amide bonds. The Morgan fingerprint density at radius 2 is 1.32 bits per heavy atom. The van der Waals surface area contributed by atoms with Crippen LogP contribution in [0.3, 0.4) is 0 Å². The average Bonchev–Trinajstić information content (AvgIpc) is 3.62. The van der Waals surface area contributed by atoms with Crippen LogP contribution in [0, 0.1) is 57.2 Å². The van der Waals surface area contributed by atoms with Crippen molar-refractivity contribution in [3.05, 3.63) is 0 Å². The van der Waals surface area contributed by atoms with E-state index in [-0.39, 0.29) is 12.1 Å². The van der Waals surface area contributed by atoms with Crippen LogP contribution in [-0.2, 0) is 9.53 Å². The second-order valence-corrected chi connectivity index (χ2v) is 19.4. The van der Waals surface area contributed by atoms with E-state index in [4.69, 9.17) is 4.74 Å². The lowest BCUT2D eigenvalue weighted by Gasteiger charge is -2.62. The van der Waals surface area contributed by atoms with Gasteiger partial charge in [0.2, 0.25) is 0 Å². The molecule has 0 aromatic heterocycles. The van der Waals surface area contributed by atoms with Crippen LogP contribution in [0.25, 0.3) is 0 Å². The molecule has 0 bridgehead atoms. The first kappa shape index (κ1) is 37.7. The van der Waals surface area contributed by atoms with E-state index in [2.05, 4.69) is 48.5 Å². The number of carbonyl (C=O) groups is 1. The molecular formula is C45H80O2. The maximum absolute atomic E-state index is 13.0. The fourth-order valence-corrected chi connectivity index (χ4v) is 13.7. The normalized spacial score (nSPS) is 39.5. The molecule has 0 N–H and O–H groups in total. The number of carbonyl (C=O) groups excluding carboxylic acids is 1. The van der Waals surface area contributed by atoms with E-state index >= 15 is 0 Å². The summed E-state index contributed by atoms with van der Waals surface area (Å²) in [6.07, 6.45) is 35.3. The molecule has 0 unspecified atom stereocenters. The summed E-state index contributed by atoms with van der Waals surface area (Å²) < 4.78 is 6.31. The number of rotatable bonds is 20. The molecule has 5 saturated carbocycles. The lowest BCUT2D eigenvalue weighted by molar-refractivity contribution is -0.167. The SMILES string of the molecule is CCCCCCCCCCCCCCCC(=O)O[C@H]1CC[C@]23C[C@]24CC[C@]2(C)[C@@H]([C@H](C)CCCC(C)C)CC[C@@]2(C)[C@@H]4CC[C@@H]3[C@@H]1C. The van der Waals surface area contributed by atoms with Gasteiger partial charge < -0.3 is 4.74 Å². The van der Waals surface area contributed by atoms with E-state index in [0.717, 1.165) is 42.4 Å². The number of hydrogen-bond acceptors (Lipinski definition) is 2. The van der Waals surface area contributed by atoms with Gasteiger partial charge in [-0.05, 0) is 121 Å². The van der Waals surface area contributed by atoms with Gasteiger partial charge >= 0.3 is 5.97 Å². The first-order valence-corrected chi connectivity index (χ1v) is 21.7. The number of fused-ring (bicyclic) bond motifs is 2. The Kier molecular flexibility index (Phi) is 13.0. The van der Waals surface area contributed by atoms with Crippen molar-refractivity contribution in [2.45, 2.75) is 222 Å². The Labute approximate surface area is 293 Å². The highest BCUT2D eigenvalue weighted by atomic mass is 16.5. The molecule has 10 atom stereocenters. The van der Waals surface area contributed by atoms with Crippen LogP contribution in [0.2, 0.25) is 0 Å². The van der Waals surface area contributed by atoms with E-state index in [1.54, 1.807) is 0 Å². The molecule has 5 aliphatic carbocycles. The molecule has 5 fully saturated rings. The summed E-state index contributed by atoms with van der Waals surface area (Å²) in [5.74, 6) is 4.99. The number of ether oxygens (including phenoxy) is 1. The molecule has 2 heteroatoms. The fourth-order valence-electron chi connectivity index (χ4n) is 13.7. The van der Waals surface area contributed by atoms with Crippen molar-refractivity contribution in [3.8, 4) is 0 Å². The third kappa shape index (κ3) is 7.58. The van der Waals surface area contributed by atoms with Crippen LogP contribution >= 0.6 is 0 Å². The standard InChI is InChI=1S/C45H80O2/c1-8-9-10-11-12-13-14-15-16-17-18-19-20-24-41(46)47-39-28-30-44-33-45(44)32-31-42(6)37(35(4)23-21-22-34(2)3)27-29-43(42,7)40(45)26-25-38(44)36(39)5/h34-40H,8-33H2,1-7H3/t35-,36+,37-,38-,39+,40+,42-,43+,44-,45+/m1/s1. The molecule has 0 radical (unpaired) electrons. The predicted molar refractivity (Wildman–Crippen MR) is 200 cm³/mol. The fraction of sp³-hybridized carbons (Fsp3) is 0.978. The minimum atomic E-state index is 0.0977. The Bertz CT molecular complexity index is 986. The monoisotopic (exact) mass is 653 g/mol. The Morgan fingerprint density at radius 1 is 0.681 bits per heavy atom. The van der Waals surface area contributed by atoms with Gasteiger partial charge in [-0.1, -0.05) is 145 Å². The maximum Gasteiger partial charge on any atom is 0.306 e. The average molecular weight is 653 g/mol. The van der Waals surface area contributed by atoms with Crippen molar-refractivity contribution in [3.63, 3.8) is 0 Å². The summed E-state index contributed by atoms with van der Waals surface area (Å²) in [5.41, 5.74) is 2.23. The molecule has 0 aromatic rings. The summed E-state index contributed by atoms with van der Waals surface area (Å²) >= 11 is 0. The molecule has 47 heavy (non-hydrogen) atoms. The second-order valence-electron chi connectivity index (χ2n) is 19.4. The topological polar surface area (TPSA) is 26.3 Å². The lowest BCUT2D eigenvalue weighted by Crippen LogP contribution is -2.56. The van der Waals surface area contributed by atoms with Crippen LogP contribution in [-0.4, -0.2) is 12.1 Å². The first-order valence-electron chi connectivity index (χ1n) is 21.7. The molecule has 272 valence electrons. The van der Waals surface area contributed by atoms with Crippen molar-refractivity contribution in [1.82, 2.24) is 0 Å². The zero-order valence-corrected chi connectivity index (χ0v) is 32.7. The van der Waals surface area contributed by atoms with E-state index in [9.17, 15) is 4.79 Å². The van der Waals surface area contributed by atoms with E-state index in [0.29, 0.717) is 34.0 Å². The van der Waals surface area contributed by atoms with Crippen molar-refractivity contribution in [2.24, 2.45) is 57.2 Å². The molecule has 5 rings (SSSR count). The zero-order valence-electron chi connectivity index (χ0n) is 32.7. The Hall–Kier alpha value is -0.530. The highest BCUT2D eigenvalue weighted by Gasteiger charge is 2.81. The summed E-state index contributed by atoms with van der Waals surface area (Å²) in [6, 6.07) is 0. The van der Waals surface area contributed by atoms with Gasteiger partial charge in [0.15, 0.2) is 0 Å². The van der Waals surface area contributed by atoms with Crippen LogP contribution < -0.4 is 0 Å². The quantitative estimate of drug-likeness (QED) is 0.0966. The molecule has 0 aromatic carbocycles. The maximum atomic E-state index is 13.0. The van der Waals surface area contributed by atoms with Crippen LogP contribution in [0.5, 0.6) is 0 Å². The highest BCUT2D eigenvalue weighted by Crippen LogP contribution is 2.88. The number of unbranched alkanes of at least 4 members (excludes halogenated alkanes) is 12. The van der Waals surface area contributed by atoms with Gasteiger partial charge in [-0.2, -0.15) is 0 Å². The minimum Gasteiger partial charge on any atom is -0.462 e. The van der Waals surface area contributed by atoms with E-state index in [1.165, 1.54) is 148 Å². The summed E-state index contributed by atoms with van der Waals surface area (Å²) in [5, 5.41) is 0. The van der Waals surface area contributed by atoms with Crippen LogP contribution in [0.4, 0.5) is 0 Å². The smallest absolute Gasteiger partial charge is 0.306 e. The largest absolute Gasteiger partial charge is 0.462 e. The van der Waals surface area contributed by atoms with Gasteiger partial charge in [-0.15, -0.1) is 0 Å². The van der Waals surface area contributed by atoms with E-state index < -0.39 is 0 Å². The molecule has 2 spiro atoms. The predicted octanol–water partition coefficient (Wildman–Crippen LogP) is 13.9. The molecule has 0 heterocycles. The van der Waals surface area contributed by atoms with Gasteiger partial charge in [0, 0.05) is 6.42 Å². The van der Waals surface area contributed by atoms with Crippen molar-refractivity contribution < 1.29 is 9.53 Å². The van der Waals surface area contributed by atoms with E-state index in [1.807, 2.05) is 0 Å². The van der Waals surface area contributed by atoms with Crippen molar-refractivity contribution in [2.75, 3.05) is 0 Å². The zero-order chi connectivity index (χ0) is 33.7. The van der Waals surface area contributed by atoms with Gasteiger partial charge in [0.05, 0.1) is 0 Å². The third-order valence-corrected chi connectivity index (χ3v) is 16.6. The third-order valence-electron chi connectivity index (χ3n) is 16.6. The Balaban J connectivity index is 1.03. The van der Waals surface area contributed by atoms with Crippen LogP contribution in [0.1, 0.15) is 215 Å². The first-order chi connectivity index (χ1) is 22.5.